The molecule has 0 spiro atoms. The zero-order valence-electron chi connectivity index (χ0n) is 18.6. The van der Waals surface area contributed by atoms with Gasteiger partial charge in [-0.25, -0.2) is 9.69 Å². The first-order valence-corrected chi connectivity index (χ1v) is 10.4. The highest BCUT2D eigenvalue weighted by Gasteiger charge is 2.41. The highest BCUT2D eigenvalue weighted by Crippen LogP contribution is 2.34. The van der Waals surface area contributed by atoms with Crippen molar-refractivity contribution in [3.8, 4) is 5.75 Å². The van der Waals surface area contributed by atoms with Gasteiger partial charge in [0.1, 0.15) is 11.3 Å². The van der Waals surface area contributed by atoms with Crippen molar-refractivity contribution in [3.63, 3.8) is 0 Å². The molecule has 4 rings (SSSR count). The molecule has 36 heavy (non-hydrogen) atoms. The van der Waals surface area contributed by atoms with Crippen LogP contribution in [0, 0.1) is 10.1 Å². The maximum Gasteiger partial charge on any atom is 0.338 e. The van der Waals surface area contributed by atoms with E-state index in [-0.39, 0.29) is 33.7 Å². The monoisotopic (exact) mass is 488 g/mol. The van der Waals surface area contributed by atoms with Crippen molar-refractivity contribution in [2.45, 2.75) is 6.92 Å². The van der Waals surface area contributed by atoms with Gasteiger partial charge in [-0.3, -0.25) is 29.3 Å². The van der Waals surface area contributed by atoms with Crippen molar-refractivity contribution in [1.82, 2.24) is 0 Å². The van der Waals surface area contributed by atoms with Gasteiger partial charge in [-0.15, -0.1) is 0 Å². The second-order valence-corrected chi connectivity index (χ2v) is 7.57. The zero-order chi connectivity index (χ0) is 26.0. The molecule has 0 atom stereocenters. The molecule has 0 unspecified atom stereocenters. The first-order valence-electron chi connectivity index (χ1n) is 10.4. The van der Waals surface area contributed by atoms with Crippen LogP contribution < -0.4 is 9.64 Å². The van der Waals surface area contributed by atoms with Crippen LogP contribution in [0.4, 0.5) is 11.4 Å². The molecule has 11 nitrogen and oxygen atoms in total. The Morgan fingerprint density at radius 2 is 1.61 bits per heavy atom. The number of ketones is 1. The summed E-state index contributed by atoms with van der Waals surface area (Å²) < 4.78 is 9.96. The number of carbonyl (C=O) groups excluding carboxylic acids is 5. The van der Waals surface area contributed by atoms with Crippen LogP contribution >= 0.6 is 0 Å². The summed E-state index contributed by atoms with van der Waals surface area (Å²) in [6.07, 6.45) is 0. The van der Waals surface area contributed by atoms with Gasteiger partial charge in [-0.05, 0) is 48.5 Å². The fourth-order valence-corrected chi connectivity index (χ4v) is 3.60. The Bertz CT molecular complexity index is 1440. The summed E-state index contributed by atoms with van der Waals surface area (Å²) >= 11 is 0. The van der Waals surface area contributed by atoms with Crippen LogP contribution in [0.1, 0.15) is 48.4 Å². The maximum absolute atomic E-state index is 12.9. The fraction of sp³-hybridized carbons (Fsp3) is 0.0800. The summed E-state index contributed by atoms with van der Waals surface area (Å²) in [6.45, 7) is 0.654. The lowest BCUT2D eigenvalue weighted by atomic mass is 10.1. The van der Waals surface area contributed by atoms with Gasteiger partial charge in [0.05, 0.1) is 21.7 Å². The van der Waals surface area contributed by atoms with Gasteiger partial charge in [0.25, 0.3) is 17.5 Å². The minimum atomic E-state index is -0.889. The number of hydrogen-bond donors (Lipinski definition) is 0. The number of imide groups is 1. The van der Waals surface area contributed by atoms with E-state index in [1.54, 1.807) is 0 Å². The molecule has 0 N–H and O–H groups in total. The molecule has 3 aromatic rings. The molecule has 11 heteroatoms. The van der Waals surface area contributed by atoms with Crippen LogP contribution in [0.5, 0.6) is 5.75 Å². The number of anilines is 1. The van der Waals surface area contributed by atoms with E-state index in [9.17, 15) is 34.1 Å². The van der Waals surface area contributed by atoms with E-state index in [0.29, 0.717) is 0 Å². The highest BCUT2D eigenvalue weighted by atomic mass is 16.6. The summed E-state index contributed by atoms with van der Waals surface area (Å²) in [7, 11) is 0. The lowest BCUT2D eigenvalue weighted by molar-refractivity contribution is -0.385. The maximum atomic E-state index is 12.9. The van der Waals surface area contributed by atoms with Crippen LogP contribution in [0.3, 0.4) is 0 Å². The molecule has 0 radical (unpaired) electrons. The van der Waals surface area contributed by atoms with Crippen LogP contribution in [0.25, 0.3) is 0 Å². The van der Waals surface area contributed by atoms with Crippen molar-refractivity contribution < 1.29 is 38.4 Å². The van der Waals surface area contributed by atoms with E-state index in [1.807, 2.05) is 0 Å². The Labute approximate surface area is 203 Å². The third-order valence-corrected chi connectivity index (χ3v) is 5.20. The van der Waals surface area contributed by atoms with Gasteiger partial charge in [-0.1, -0.05) is 12.1 Å². The van der Waals surface area contributed by atoms with Crippen LogP contribution in [-0.4, -0.2) is 41.1 Å². The van der Waals surface area contributed by atoms with Gasteiger partial charge in [0.2, 0.25) is 0 Å². The standard InChI is InChI=1S/C25H16N2O9/c1-14(28)36-18-10-8-15(9-11-18)21(29)13-35-25(32)16-4-2-5-17(12-16)26-23(30)19-6-3-7-20(27(33)34)22(19)24(26)31/h2-12H,13H2,1H3. The quantitative estimate of drug-likeness (QED) is 0.122. The number of rotatable bonds is 7. The second kappa shape index (κ2) is 9.58. The number of nitrogens with zero attached hydrogens (tertiary/aromatic N) is 2. The van der Waals surface area contributed by atoms with Gasteiger partial charge < -0.3 is 9.47 Å². The molecule has 3 aromatic carbocycles. The lowest BCUT2D eigenvalue weighted by Gasteiger charge is -2.14. The van der Waals surface area contributed by atoms with Gasteiger partial charge in [0.15, 0.2) is 12.4 Å². The topological polar surface area (TPSA) is 150 Å². The number of esters is 2. The average Bonchev–Trinajstić information content (AvgIpc) is 3.12. The van der Waals surface area contributed by atoms with Gasteiger partial charge in [-0.2, -0.15) is 0 Å². The molecule has 0 fully saturated rings. The van der Waals surface area contributed by atoms with Crippen LogP contribution in [0.15, 0.2) is 66.7 Å². The predicted molar refractivity (Wildman–Crippen MR) is 123 cm³/mol. The fourth-order valence-electron chi connectivity index (χ4n) is 3.60. The predicted octanol–water partition coefficient (Wildman–Crippen LogP) is 3.36. The molecule has 1 aliphatic heterocycles. The summed E-state index contributed by atoms with van der Waals surface area (Å²) in [5, 5.41) is 11.3. The molecule has 0 bridgehead atoms. The van der Waals surface area contributed by atoms with E-state index in [0.717, 1.165) is 11.0 Å². The molecule has 1 aliphatic rings. The minimum Gasteiger partial charge on any atom is -0.454 e. The van der Waals surface area contributed by atoms with Crippen molar-refractivity contribution in [3.05, 3.63) is 99.1 Å². The number of nitro benzene ring substituents is 1. The number of amides is 2. The summed E-state index contributed by atoms with van der Waals surface area (Å²) in [5.74, 6) is -3.31. The summed E-state index contributed by atoms with van der Waals surface area (Å²) in [5.41, 5.74) is -0.754. The number of nitro groups is 1. The van der Waals surface area contributed by atoms with Gasteiger partial charge >= 0.3 is 11.9 Å². The first kappa shape index (κ1) is 24.0. The van der Waals surface area contributed by atoms with Crippen molar-refractivity contribution in [2.75, 3.05) is 11.5 Å². The minimum absolute atomic E-state index is 0.0114. The largest absolute Gasteiger partial charge is 0.454 e. The van der Waals surface area contributed by atoms with E-state index < -0.39 is 46.8 Å². The van der Waals surface area contributed by atoms with Crippen molar-refractivity contribution in [2.24, 2.45) is 0 Å². The number of benzene rings is 3. The Morgan fingerprint density at radius 3 is 2.28 bits per heavy atom. The molecule has 1 heterocycles. The molecular weight excluding hydrogens is 472 g/mol. The summed E-state index contributed by atoms with van der Waals surface area (Å²) in [4.78, 5) is 72.9. The number of fused-ring (bicyclic) bond motifs is 1. The molecule has 0 saturated heterocycles. The van der Waals surface area contributed by atoms with Crippen LogP contribution in [-0.2, 0) is 9.53 Å². The number of Topliss-reactive ketones (excluding diaryl/α,β-unsaturated/α-hetero) is 1. The molecule has 2 amide bonds. The Hall–Kier alpha value is -5.19. The third kappa shape index (κ3) is 4.57. The second-order valence-electron chi connectivity index (χ2n) is 7.57. The Balaban J connectivity index is 1.48. The number of hydrogen-bond acceptors (Lipinski definition) is 9. The Morgan fingerprint density at radius 1 is 0.917 bits per heavy atom. The highest BCUT2D eigenvalue weighted by molar-refractivity contribution is 6.35. The zero-order valence-corrected chi connectivity index (χ0v) is 18.6. The first-order chi connectivity index (χ1) is 17.2. The van der Waals surface area contributed by atoms with E-state index in [1.165, 1.54) is 67.6 Å². The number of carbonyl (C=O) groups is 5. The number of ether oxygens (including phenoxy) is 2. The lowest BCUT2D eigenvalue weighted by Crippen LogP contribution is -2.29. The Kier molecular flexibility index (Phi) is 6.38. The average molecular weight is 488 g/mol. The van der Waals surface area contributed by atoms with E-state index >= 15 is 0 Å². The van der Waals surface area contributed by atoms with Crippen molar-refractivity contribution >= 4 is 40.9 Å². The normalized spacial score (nSPS) is 12.2. The summed E-state index contributed by atoms with van der Waals surface area (Å²) in [6, 6.07) is 14.8. The van der Waals surface area contributed by atoms with Crippen LogP contribution in [0.2, 0.25) is 0 Å². The van der Waals surface area contributed by atoms with Crippen molar-refractivity contribution in [1.29, 1.82) is 0 Å². The third-order valence-electron chi connectivity index (χ3n) is 5.20. The molecule has 0 aliphatic carbocycles. The van der Waals surface area contributed by atoms with E-state index in [4.69, 9.17) is 9.47 Å². The van der Waals surface area contributed by atoms with E-state index in [2.05, 4.69) is 0 Å². The molecule has 180 valence electrons. The smallest absolute Gasteiger partial charge is 0.338 e. The molecular formula is C25H16N2O9. The van der Waals surface area contributed by atoms with Gasteiger partial charge in [0, 0.05) is 18.6 Å². The SMILES string of the molecule is CC(=O)Oc1ccc(C(=O)COC(=O)c2cccc(N3C(=O)c4cccc([N+](=O)[O-])c4C3=O)c2)cc1. The molecule has 0 aromatic heterocycles. The molecule has 0 saturated carbocycles.